The summed E-state index contributed by atoms with van der Waals surface area (Å²) in [5.41, 5.74) is 1.18. The van der Waals surface area contributed by atoms with Crippen LogP contribution in [0.3, 0.4) is 0 Å². The van der Waals surface area contributed by atoms with E-state index in [4.69, 9.17) is 0 Å². The van der Waals surface area contributed by atoms with Crippen LogP contribution >= 0.6 is 0 Å². The van der Waals surface area contributed by atoms with Crippen molar-refractivity contribution in [1.82, 2.24) is 5.32 Å². The molecule has 1 N–H and O–H groups in total. The van der Waals surface area contributed by atoms with E-state index >= 15 is 0 Å². The zero-order valence-electron chi connectivity index (χ0n) is 7.18. The van der Waals surface area contributed by atoms with Crippen LogP contribution < -0.4 is 5.32 Å². The number of nitrogens with zero attached hydrogens (tertiary/aromatic N) is 1. The molecule has 0 radical (unpaired) electrons. The van der Waals surface area contributed by atoms with Gasteiger partial charge in [0, 0.05) is 12.4 Å². The first-order chi connectivity index (χ1) is 4.79. The molecule has 10 heavy (non-hydrogen) atoms. The fourth-order valence-corrected chi connectivity index (χ4v) is 0.562. The zero-order valence-corrected chi connectivity index (χ0v) is 7.18. The van der Waals surface area contributed by atoms with E-state index < -0.39 is 0 Å². The SMILES string of the molecule is CC.CC1=CNC(C)N=C1. The van der Waals surface area contributed by atoms with Crippen molar-refractivity contribution in [3.05, 3.63) is 11.8 Å². The molecule has 0 bridgehead atoms. The number of nitrogens with one attached hydrogen (secondary N) is 1. The summed E-state index contributed by atoms with van der Waals surface area (Å²) < 4.78 is 0. The molecule has 0 saturated carbocycles. The average molecular weight is 140 g/mol. The summed E-state index contributed by atoms with van der Waals surface area (Å²) in [6.07, 6.45) is 4.11. The van der Waals surface area contributed by atoms with E-state index in [-0.39, 0.29) is 6.17 Å². The van der Waals surface area contributed by atoms with Gasteiger partial charge in [0.2, 0.25) is 0 Å². The minimum absolute atomic E-state index is 0.263. The lowest BCUT2D eigenvalue weighted by Crippen LogP contribution is -2.21. The van der Waals surface area contributed by atoms with Crippen molar-refractivity contribution in [3.8, 4) is 0 Å². The number of hydrogen-bond donors (Lipinski definition) is 1. The lowest BCUT2D eigenvalue weighted by Gasteiger charge is -2.10. The monoisotopic (exact) mass is 140 g/mol. The van der Waals surface area contributed by atoms with Crippen molar-refractivity contribution in [2.24, 2.45) is 4.99 Å². The molecule has 0 amide bonds. The minimum Gasteiger partial charge on any atom is -0.370 e. The summed E-state index contributed by atoms with van der Waals surface area (Å²) in [6.45, 7) is 8.03. The predicted octanol–water partition coefficient (Wildman–Crippen LogP) is 1.94. The van der Waals surface area contributed by atoms with E-state index in [1.165, 1.54) is 5.57 Å². The zero-order chi connectivity index (χ0) is 7.98. The van der Waals surface area contributed by atoms with Crippen molar-refractivity contribution in [2.45, 2.75) is 33.9 Å². The van der Waals surface area contributed by atoms with E-state index in [2.05, 4.69) is 10.3 Å². The second kappa shape index (κ2) is 5.03. The molecule has 58 valence electrons. The van der Waals surface area contributed by atoms with Crippen LogP contribution in [0.15, 0.2) is 16.8 Å². The standard InChI is InChI=1S/C6H10N2.C2H6/c1-5-3-7-6(2)8-4-5;1-2/h3-4,6-7H,1-2H3;1-2H3. The van der Waals surface area contributed by atoms with E-state index in [1.54, 1.807) is 0 Å². The van der Waals surface area contributed by atoms with E-state index in [0.29, 0.717) is 0 Å². The highest BCUT2D eigenvalue weighted by Gasteiger charge is 1.96. The first kappa shape index (κ1) is 9.21. The summed E-state index contributed by atoms with van der Waals surface area (Å²) in [6, 6.07) is 0. The van der Waals surface area contributed by atoms with Crippen molar-refractivity contribution in [3.63, 3.8) is 0 Å². The molecule has 1 unspecified atom stereocenters. The summed E-state index contributed by atoms with van der Waals surface area (Å²) >= 11 is 0. The average Bonchev–Trinajstić information content (AvgIpc) is 2.00. The summed E-state index contributed by atoms with van der Waals surface area (Å²) in [5.74, 6) is 0. The molecule has 0 aromatic carbocycles. The predicted molar refractivity (Wildman–Crippen MR) is 46.2 cm³/mol. The van der Waals surface area contributed by atoms with Gasteiger partial charge in [-0.25, -0.2) is 0 Å². The molecule has 0 saturated heterocycles. The molecular formula is C8H16N2. The Labute approximate surface area is 63.0 Å². The van der Waals surface area contributed by atoms with Gasteiger partial charge in [-0.2, -0.15) is 0 Å². The Balaban J connectivity index is 0.000000371. The van der Waals surface area contributed by atoms with Crippen LogP contribution in [-0.2, 0) is 0 Å². The molecule has 0 fully saturated rings. The van der Waals surface area contributed by atoms with Gasteiger partial charge in [0.1, 0.15) is 6.17 Å². The van der Waals surface area contributed by atoms with Crippen LogP contribution in [0.25, 0.3) is 0 Å². The third-order valence-electron chi connectivity index (χ3n) is 1.05. The van der Waals surface area contributed by atoms with Gasteiger partial charge in [-0.1, -0.05) is 13.8 Å². The maximum absolute atomic E-state index is 4.11. The van der Waals surface area contributed by atoms with Gasteiger partial charge >= 0.3 is 0 Å². The summed E-state index contributed by atoms with van der Waals surface area (Å²) in [7, 11) is 0. The van der Waals surface area contributed by atoms with E-state index in [0.717, 1.165) is 0 Å². The molecule has 0 aromatic rings. The molecule has 2 heteroatoms. The third-order valence-corrected chi connectivity index (χ3v) is 1.05. The number of hydrogen-bond acceptors (Lipinski definition) is 2. The highest BCUT2D eigenvalue weighted by atomic mass is 15.1. The Bertz CT molecular complexity index is 136. The van der Waals surface area contributed by atoms with Gasteiger partial charge in [0.15, 0.2) is 0 Å². The van der Waals surface area contributed by atoms with Crippen molar-refractivity contribution in [1.29, 1.82) is 0 Å². The van der Waals surface area contributed by atoms with Crippen molar-refractivity contribution >= 4 is 6.21 Å². The molecule has 1 aliphatic heterocycles. The van der Waals surface area contributed by atoms with Gasteiger partial charge in [0.05, 0.1) is 0 Å². The highest BCUT2D eigenvalue weighted by Crippen LogP contribution is 1.94. The molecule has 1 aliphatic rings. The first-order valence-corrected chi connectivity index (χ1v) is 3.75. The first-order valence-electron chi connectivity index (χ1n) is 3.75. The van der Waals surface area contributed by atoms with Gasteiger partial charge < -0.3 is 5.32 Å². The van der Waals surface area contributed by atoms with Gasteiger partial charge in [-0.3, -0.25) is 4.99 Å². The highest BCUT2D eigenvalue weighted by molar-refractivity contribution is 5.78. The minimum atomic E-state index is 0.263. The van der Waals surface area contributed by atoms with Crippen molar-refractivity contribution in [2.75, 3.05) is 0 Å². The van der Waals surface area contributed by atoms with Gasteiger partial charge in [0.25, 0.3) is 0 Å². The molecule has 2 nitrogen and oxygen atoms in total. The Morgan fingerprint density at radius 3 is 2.40 bits per heavy atom. The number of allylic oxidation sites excluding steroid dienone is 1. The smallest absolute Gasteiger partial charge is 0.115 e. The largest absolute Gasteiger partial charge is 0.370 e. The topological polar surface area (TPSA) is 24.4 Å². The molecule has 1 heterocycles. The third kappa shape index (κ3) is 3.28. The summed E-state index contributed by atoms with van der Waals surface area (Å²) in [5, 5.41) is 3.07. The normalized spacial score (nSPS) is 22.0. The summed E-state index contributed by atoms with van der Waals surface area (Å²) in [4.78, 5) is 4.11. The molecular weight excluding hydrogens is 124 g/mol. The fraction of sp³-hybridized carbons (Fsp3) is 0.625. The Kier molecular flexibility index (Phi) is 4.63. The fourth-order valence-electron chi connectivity index (χ4n) is 0.562. The molecule has 0 aliphatic carbocycles. The van der Waals surface area contributed by atoms with Crippen molar-refractivity contribution < 1.29 is 0 Å². The van der Waals surface area contributed by atoms with Crippen LogP contribution in [0.4, 0.5) is 0 Å². The van der Waals surface area contributed by atoms with Gasteiger partial charge in [-0.05, 0) is 19.4 Å². The second-order valence-corrected chi connectivity index (χ2v) is 2.01. The quantitative estimate of drug-likeness (QED) is 0.546. The molecule has 1 atom stereocenters. The number of aliphatic imine (C=N–C) groups is 1. The van der Waals surface area contributed by atoms with Crippen LogP contribution in [0.2, 0.25) is 0 Å². The lowest BCUT2D eigenvalue weighted by atomic mass is 10.3. The van der Waals surface area contributed by atoms with E-state index in [1.807, 2.05) is 40.1 Å². The Morgan fingerprint density at radius 1 is 1.50 bits per heavy atom. The Morgan fingerprint density at radius 2 is 2.10 bits per heavy atom. The van der Waals surface area contributed by atoms with Gasteiger partial charge in [-0.15, -0.1) is 0 Å². The lowest BCUT2D eigenvalue weighted by molar-refractivity contribution is 0.665. The maximum atomic E-state index is 4.11. The van der Waals surface area contributed by atoms with E-state index in [9.17, 15) is 0 Å². The molecule has 0 aromatic heterocycles. The second-order valence-electron chi connectivity index (χ2n) is 2.01. The van der Waals surface area contributed by atoms with Crippen LogP contribution in [0, 0.1) is 0 Å². The van der Waals surface area contributed by atoms with Crippen LogP contribution in [0.5, 0.6) is 0 Å². The molecule has 0 spiro atoms. The van der Waals surface area contributed by atoms with Crippen LogP contribution in [-0.4, -0.2) is 12.4 Å². The number of rotatable bonds is 0. The molecule has 1 rings (SSSR count). The maximum Gasteiger partial charge on any atom is 0.115 e. The Hall–Kier alpha value is -0.790. The van der Waals surface area contributed by atoms with Crippen LogP contribution in [0.1, 0.15) is 27.7 Å².